The van der Waals surface area contributed by atoms with E-state index in [1.807, 2.05) is 6.92 Å². The van der Waals surface area contributed by atoms with Crippen molar-refractivity contribution in [2.24, 2.45) is 4.99 Å². The molecule has 0 aromatic rings. The second kappa shape index (κ2) is 2.32. The summed E-state index contributed by atoms with van der Waals surface area (Å²) in [6, 6.07) is -0.0556. The molecule has 0 aliphatic carbocycles. The van der Waals surface area contributed by atoms with E-state index in [0.29, 0.717) is 5.90 Å². The first-order valence-electron chi connectivity index (χ1n) is 3.71. The molecule has 3 nitrogen and oxygen atoms in total. The summed E-state index contributed by atoms with van der Waals surface area (Å²) in [5.41, 5.74) is -0.718. The van der Waals surface area contributed by atoms with Gasteiger partial charge in [-0.15, -0.1) is 0 Å². The minimum absolute atomic E-state index is 0.0330. The summed E-state index contributed by atoms with van der Waals surface area (Å²) in [7, 11) is 0. The Labute approximate surface area is 66.5 Å². The molecule has 0 spiro atoms. The SMILES string of the molecule is CC(=O)C1(C)OC(C)=NC1C. The average molecular weight is 155 g/mol. The molecule has 2 atom stereocenters. The first kappa shape index (κ1) is 8.24. The summed E-state index contributed by atoms with van der Waals surface area (Å²) in [6.07, 6.45) is 0. The number of hydrogen-bond donors (Lipinski definition) is 0. The summed E-state index contributed by atoms with van der Waals surface area (Å²) >= 11 is 0. The van der Waals surface area contributed by atoms with E-state index < -0.39 is 5.60 Å². The Bertz CT molecular complexity index is 222. The van der Waals surface area contributed by atoms with Crippen LogP contribution >= 0.6 is 0 Å². The minimum Gasteiger partial charge on any atom is -0.465 e. The van der Waals surface area contributed by atoms with Crippen LogP contribution in [0.15, 0.2) is 4.99 Å². The molecule has 1 aliphatic heterocycles. The van der Waals surface area contributed by atoms with Gasteiger partial charge in [-0.05, 0) is 20.8 Å². The van der Waals surface area contributed by atoms with E-state index >= 15 is 0 Å². The summed E-state index contributed by atoms with van der Waals surface area (Å²) < 4.78 is 5.32. The molecule has 0 bridgehead atoms. The molecule has 0 saturated carbocycles. The van der Waals surface area contributed by atoms with Gasteiger partial charge in [0.1, 0.15) is 0 Å². The lowest BCUT2D eigenvalue weighted by Gasteiger charge is -2.23. The number of ketones is 1. The van der Waals surface area contributed by atoms with E-state index in [0.717, 1.165) is 0 Å². The summed E-state index contributed by atoms with van der Waals surface area (Å²) in [5.74, 6) is 0.640. The molecule has 2 unspecified atom stereocenters. The second-order valence-corrected chi connectivity index (χ2v) is 3.09. The molecule has 0 fully saturated rings. The van der Waals surface area contributed by atoms with Crippen molar-refractivity contribution in [3.63, 3.8) is 0 Å². The number of ether oxygens (including phenoxy) is 1. The van der Waals surface area contributed by atoms with Crippen LogP contribution in [-0.4, -0.2) is 23.3 Å². The Morgan fingerprint density at radius 1 is 1.73 bits per heavy atom. The molecule has 1 rings (SSSR count). The average Bonchev–Trinajstić information content (AvgIpc) is 2.08. The Morgan fingerprint density at radius 3 is 2.45 bits per heavy atom. The molecule has 0 radical (unpaired) electrons. The Kier molecular flexibility index (Phi) is 1.74. The van der Waals surface area contributed by atoms with Gasteiger partial charge in [-0.3, -0.25) is 4.79 Å². The van der Waals surface area contributed by atoms with Crippen molar-refractivity contribution in [1.82, 2.24) is 0 Å². The molecular weight excluding hydrogens is 142 g/mol. The van der Waals surface area contributed by atoms with Crippen LogP contribution in [0.3, 0.4) is 0 Å². The maximum Gasteiger partial charge on any atom is 0.187 e. The van der Waals surface area contributed by atoms with E-state index in [-0.39, 0.29) is 11.8 Å². The lowest BCUT2D eigenvalue weighted by Crippen LogP contribution is -2.42. The van der Waals surface area contributed by atoms with E-state index in [2.05, 4.69) is 4.99 Å². The quantitative estimate of drug-likeness (QED) is 0.570. The zero-order chi connectivity index (χ0) is 8.65. The van der Waals surface area contributed by atoms with Crippen molar-refractivity contribution in [3.8, 4) is 0 Å². The van der Waals surface area contributed by atoms with Gasteiger partial charge in [-0.2, -0.15) is 0 Å². The highest BCUT2D eigenvalue weighted by Crippen LogP contribution is 2.25. The van der Waals surface area contributed by atoms with Crippen LogP contribution in [0.2, 0.25) is 0 Å². The van der Waals surface area contributed by atoms with Crippen molar-refractivity contribution in [2.45, 2.75) is 39.3 Å². The van der Waals surface area contributed by atoms with E-state index in [1.165, 1.54) is 6.92 Å². The van der Waals surface area contributed by atoms with Crippen molar-refractivity contribution >= 4 is 11.7 Å². The van der Waals surface area contributed by atoms with Crippen LogP contribution in [0.25, 0.3) is 0 Å². The number of carbonyl (C=O) groups is 1. The number of nitrogens with zero attached hydrogens (tertiary/aromatic N) is 1. The van der Waals surface area contributed by atoms with Gasteiger partial charge in [-0.25, -0.2) is 4.99 Å². The van der Waals surface area contributed by atoms with Crippen LogP contribution in [-0.2, 0) is 9.53 Å². The predicted molar refractivity (Wildman–Crippen MR) is 42.7 cm³/mol. The number of hydrogen-bond acceptors (Lipinski definition) is 3. The number of carbonyl (C=O) groups excluding carboxylic acids is 1. The topological polar surface area (TPSA) is 38.7 Å². The Hall–Kier alpha value is -0.860. The first-order valence-corrected chi connectivity index (χ1v) is 3.71. The minimum atomic E-state index is -0.718. The maximum absolute atomic E-state index is 11.1. The van der Waals surface area contributed by atoms with Crippen molar-refractivity contribution in [2.75, 3.05) is 0 Å². The fourth-order valence-electron chi connectivity index (χ4n) is 1.18. The zero-order valence-electron chi connectivity index (χ0n) is 7.34. The zero-order valence-corrected chi connectivity index (χ0v) is 7.34. The van der Waals surface area contributed by atoms with Crippen LogP contribution in [0.1, 0.15) is 27.7 Å². The van der Waals surface area contributed by atoms with Gasteiger partial charge in [0, 0.05) is 6.92 Å². The monoisotopic (exact) mass is 155 g/mol. The smallest absolute Gasteiger partial charge is 0.187 e. The van der Waals surface area contributed by atoms with E-state index in [9.17, 15) is 4.79 Å². The molecule has 0 saturated heterocycles. The molecule has 62 valence electrons. The summed E-state index contributed by atoms with van der Waals surface area (Å²) in [5, 5.41) is 0. The highest BCUT2D eigenvalue weighted by molar-refractivity contribution is 5.91. The van der Waals surface area contributed by atoms with Crippen molar-refractivity contribution in [3.05, 3.63) is 0 Å². The predicted octanol–water partition coefficient (Wildman–Crippen LogP) is 1.17. The van der Waals surface area contributed by atoms with Gasteiger partial charge in [0.15, 0.2) is 17.3 Å². The van der Waals surface area contributed by atoms with Gasteiger partial charge in [0.05, 0.1) is 6.04 Å². The largest absolute Gasteiger partial charge is 0.465 e. The standard InChI is InChI=1S/C8H13NO2/c1-5-8(4,6(2)10)11-7(3)9-5/h5H,1-4H3. The normalized spacial score (nSPS) is 36.4. The third-order valence-corrected chi connectivity index (χ3v) is 2.23. The molecule has 0 amide bonds. The van der Waals surface area contributed by atoms with Crippen molar-refractivity contribution in [1.29, 1.82) is 0 Å². The Balaban J connectivity index is 2.86. The molecule has 0 N–H and O–H groups in total. The van der Waals surface area contributed by atoms with E-state index in [1.54, 1.807) is 13.8 Å². The van der Waals surface area contributed by atoms with Gasteiger partial charge in [0.25, 0.3) is 0 Å². The lowest BCUT2D eigenvalue weighted by atomic mass is 9.95. The maximum atomic E-state index is 11.1. The van der Waals surface area contributed by atoms with Gasteiger partial charge < -0.3 is 4.74 Å². The molecule has 1 heterocycles. The molecule has 3 heteroatoms. The fourth-order valence-corrected chi connectivity index (χ4v) is 1.18. The number of aliphatic imine (C=N–C) groups is 1. The van der Waals surface area contributed by atoms with Crippen LogP contribution in [0, 0.1) is 0 Å². The van der Waals surface area contributed by atoms with Gasteiger partial charge >= 0.3 is 0 Å². The first-order chi connectivity index (χ1) is 4.97. The van der Waals surface area contributed by atoms with Crippen LogP contribution in [0.4, 0.5) is 0 Å². The third-order valence-electron chi connectivity index (χ3n) is 2.23. The van der Waals surface area contributed by atoms with Crippen LogP contribution < -0.4 is 0 Å². The molecule has 0 aromatic heterocycles. The van der Waals surface area contributed by atoms with Gasteiger partial charge in [0.2, 0.25) is 0 Å². The highest BCUT2D eigenvalue weighted by atomic mass is 16.5. The summed E-state index contributed by atoms with van der Waals surface area (Å²) in [6.45, 7) is 6.97. The van der Waals surface area contributed by atoms with Crippen LogP contribution in [0.5, 0.6) is 0 Å². The molecule has 0 aromatic carbocycles. The molecule has 11 heavy (non-hydrogen) atoms. The Morgan fingerprint density at radius 2 is 2.27 bits per heavy atom. The van der Waals surface area contributed by atoms with E-state index in [4.69, 9.17) is 4.74 Å². The van der Waals surface area contributed by atoms with Gasteiger partial charge in [-0.1, -0.05) is 0 Å². The second-order valence-electron chi connectivity index (χ2n) is 3.09. The summed E-state index contributed by atoms with van der Waals surface area (Å²) in [4.78, 5) is 15.3. The lowest BCUT2D eigenvalue weighted by molar-refractivity contribution is -0.131. The number of Topliss-reactive ketones (excluding diaryl/α,β-unsaturated/α-hetero) is 1. The number of rotatable bonds is 1. The molecular formula is C8H13NO2. The van der Waals surface area contributed by atoms with Crippen molar-refractivity contribution < 1.29 is 9.53 Å². The third kappa shape index (κ3) is 1.15. The highest BCUT2D eigenvalue weighted by Gasteiger charge is 2.42. The molecule has 1 aliphatic rings. The fraction of sp³-hybridized carbons (Fsp3) is 0.750.